The van der Waals surface area contributed by atoms with E-state index in [1.54, 1.807) is 0 Å². The first-order valence-electron chi connectivity index (χ1n) is 8.05. The van der Waals surface area contributed by atoms with E-state index >= 15 is 0 Å². The van der Waals surface area contributed by atoms with E-state index in [2.05, 4.69) is 9.47 Å². The Morgan fingerprint density at radius 2 is 1.00 bits per heavy atom. The summed E-state index contributed by atoms with van der Waals surface area (Å²) in [5.41, 5.74) is 0. The lowest BCUT2D eigenvalue weighted by atomic mass is 9.71. The van der Waals surface area contributed by atoms with E-state index in [0.717, 1.165) is 0 Å². The fraction of sp³-hybridized carbons (Fsp3) is 0.647. The molecule has 25 heavy (non-hydrogen) atoms. The molecule has 0 aromatic heterocycles. The smallest absolute Gasteiger partial charge is 0.309 e. The molecule has 0 aliphatic heterocycles. The Kier molecular flexibility index (Phi) is 5.81. The minimum Gasteiger partial charge on any atom is -0.469 e. The zero-order chi connectivity index (χ0) is 18.7. The van der Waals surface area contributed by atoms with Crippen molar-refractivity contribution in [2.24, 2.45) is 23.7 Å². The van der Waals surface area contributed by atoms with Crippen LogP contribution < -0.4 is 0 Å². The zero-order valence-electron chi connectivity index (χ0n) is 14.1. The van der Waals surface area contributed by atoms with Crippen LogP contribution in [0.3, 0.4) is 0 Å². The molecule has 0 atom stereocenters. The number of Topliss-reactive ketones (excluding diaryl/α,β-unsaturated/α-hetero) is 4. The third-order valence-electron chi connectivity index (χ3n) is 4.89. The number of carbonyl (C=O) groups excluding carboxylic acids is 6. The molecule has 0 saturated heterocycles. The molecule has 136 valence electrons. The molecule has 2 rings (SSSR count). The van der Waals surface area contributed by atoms with Crippen molar-refractivity contribution in [1.82, 2.24) is 0 Å². The highest BCUT2D eigenvalue weighted by Gasteiger charge is 2.45. The Morgan fingerprint density at radius 1 is 0.720 bits per heavy atom. The molecule has 0 heterocycles. The Balaban J connectivity index is 2.05. The van der Waals surface area contributed by atoms with Crippen LogP contribution in [0.5, 0.6) is 0 Å². The molecule has 0 bridgehead atoms. The van der Waals surface area contributed by atoms with Crippen LogP contribution in [0, 0.1) is 23.7 Å². The maximum atomic E-state index is 12.2. The van der Waals surface area contributed by atoms with Crippen LogP contribution in [0.1, 0.15) is 32.1 Å². The van der Waals surface area contributed by atoms with Gasteiger partial charge < -0.3 is 9.47 Å². The van der Waals surface area contributed by atoms with Crippen molar-refractivity contribution < 1.29 is 38.2 Å². The highest BCUT2D eigenvalue weighted by Crippen LogP contribution is 2.33. The standard InChI is InChI=1S/C17H20O8/c1-24-16(22)8-3-12(18)10(13(19)4-8)7-11-14(20)5-9(6-15(11)21)17(23)25-2/h8-11H,3-7H2,1-2H3. The van der Waals surface area contributed by atoms with Gasteiger partial charge in [0.15, 0.2) is 0 Å². The summed E-state index contributed by atoms with van der Waals surface area (Å²) in [6.07, 6.45) is -0.727. The van der Waals surface area contributed by atoms with Crippen LogP contribution in [0.25, 0.3) is 0 Å². The first-order chi connectivity index (χ1) is 11.8. The third-order valence-corrected chi connectivity index (χ3v) is 4.89. The zero-order valence-corrected chi connectivity index (χ0v) is 14.1. The molecule has 0 N–H and O–H groups in total. The molecule has 8 nitrogen and oxygen atoms in total. The van der Waals surface area contributed by atoms with Crippen molar-refractivity contribution >= 4 is 35.1 Å². The average Bonchev–Trinajstić information content (AvgIpc) is 2.57. The lowest BCUT2D eigenvalue weighted by molar-refractivity contribution is -0.155. The summed E-state index contributed by atoms with van der Waals surface area (Å²) in [6.45, 7) is 0. The molecule has 0 radical (unpaired) electrons. The van der Waals surface area contributed by atoms with Gasteiger partial charge in [-0.2, -0.15) is 0 Å². The number of carbonyl (C=O) groups is 6. The number of esters is 2. The highest BCUT2D eigenvalue weighted by molar-refractivity contribution is 6.11. The molecular formula is C17H20O8. The van der Waals surface area contributed by atoms with E-state index in [0.29, 0.717) is 0 Å². The molecule has 0 unspecified atom stereocenters. The number of ether oxygens (including phenoxy) is 2. The van der Waals surface area contributed by atoms with E-state index in [1.807, 2.05) is 0 Å². The second-order valence-electron chi connectivity index (χ2n) is 6.46. The van der Waals surface area contributed by atoms with E-state index in [1.165, 1.54) is 14.2 Å². The second-order valence-corrected chi connectivity index (χ2v) is 6.46. The molecule has 2 aliphatic carbocycles. The minimum absolute atomic E-state index is 0.136. The largest absolute Gasteiger partial charge is 0.469 e. The summed E-state index contributed by atoms with van der Waals surface area (Å²) in [7, 11) is 2.36. The predicted molar refractivity (Wildman–Crippen MR) is 81.1 cm³/mol. The van der Waals surface area contributed by atoms with Gasteiger partial charge in [0.25, 0.3) is 0 Å². The molecular weight excluding hydrogens is 332 g/mol. The number of rotatable bonds is 4. The Bertz CT molecular complexity index is 545. The lowest BCUT2D eigenvalue weighted by Gasteiger charge is -2.29. The van der Waals surface area contributed by atoms with Crippen molar-refractivity contribution in [1.29, 1.82) is 0 Å². The Hall–Kier alpha value is -2.38. The van der Waals surface area contributed by atoms with Crippen LogP contribution in [-0.2, 0) is 38.2 Å². The van der Waals surface area contributed by atoms with Crippen LogP contribution in [0.15, 0.2) is 0 Å². The topological polar surface area (TPSA) is 121 Å². The van der Waals surface area contributed by atoms with E-state index < -0.39 is 58.7 Å². The Labute approximate surface area is 144 Å². The third kappa shape index (κ3) is 4.00. The molecule has 8 heteroatoms. The molecule has 2 fully saturated rings. The van der Waals surface area contributed by atoms with Gasteiger partial charge in [-0.25, -0.2) is 0 Å². The summed E-state index contributed by atoms with van der Waals surface area (Å²) in [4.78, 5) is 71.9. The maximum absolute atomic E-state index is 12.2. The summed E-state index contributed by atoms with van der Waals surface area (Å²) in [6, 6.07) is 0. The molecule has 0 spiro atoms. The first-order valence-corrected chi connectivity index (χ1v) is 8.05. The first kappa shape index (κ1) is 19.0. The van der Waals surface area contributed by atoms with Crippen molar-refractivity contribution in [3.8, 4) is 0 Å². The lowest BCUT2D eigenvalue weighted by Crippen LogP contribution is -2.42. The van der Waals surface area contributed by atoms with Crippen molar-refractivity contribution in [2.45, 2.75) is 32.1 Å². The van der Waals surface area contributed by atoms with Gasteiger partial charge in [0.2, 0.25) is 0 Å². The average molecular weight is 352 g/mol. The van der Waals surface area contributed by atoms with E-state index in [-0.39, 0.29) is 32.1 Å². The van der Waals surface area contributed by atoms with Gasteiger partial charge in [0, 0.05) is 25.7 Å². The van der Waals surface area contributed by atoms with Gasteiger partial charge in [0.05, 0.1) is 37.9 Å². The summed E-state index contributed by atoms with van der Waals surface area (Å²) >= 11 is 0. The van der Waals surface area contributed by atoms with E-state index in [4.69, 9.17) is 0 Å². The quantitative estimate of drug-likeness (QED) is 0.514. The molecule has 0 aromatic rings. The second kappa shape index (κ2) is 7.67. The van der Waals surface area contributed by atoms with Gasteiger partial charge in [-0.05, 0) is 6.42 Å². The van der Waals surface area contributed by atoms with Gasteiger partial charge in [-0.3, -0.25) is 28.8 Å². The summed E-state index contributed by atoms with van der Waals surface area (Å²) in [5.74, 6) is -6.79. The normalized spacial score (nSPS) is 30.2. The van der Waals surface area contributed by atoms with Gasteiger partial charge in [-0.15, -0.1) is 0 Å². The van der Waals surface area contributed by atoms with Crippen molar-refractivity contribution in [3.63, 3.8) is 0 Å². The fourth-order valence-corrected chi connectivity index (χ4v) is 3.47. The minimum atomic E-state index is -1.06. The van der Waals surface area contributed by atoms with Crippen LogP contribution >= 0.6 is 0 Å². The van der Waals surface area contributed by atoms with Crippen LogP contribution in [0.4, 0.5) is 0 Å². The summed E-state index contributed by atoms with van der Waals surface area (Å²) < 4.78 is 9.11. The monoisotopic (exact) mass is 352 g/mol. The predicted octanol–water partition coefficient (Wildman–Crippen LogP) is 0.0513. The maximum Gasteiger partial charge on any atom is 0.309 e. The molecule has 0 aromatic carbocycles. The molecule has 2 aliphatic rings. The Morgan fingerprint density at radius 3 is 1.24 bits per heavy atom. The van der Waals surface area contributed by atoms with Crippen molar-refractivity contribution in [3.05, 3.63) is 0 Å². The van der Waals surface area contributed by atoms with Crippen LogP contribution in [-0.4, -0.2) is 49.3 Å². The molecule has 0 amide bonds. The number of hydrogen-bond acceptors (Lipinski definition) is 8. The SMILES string of the molecule is COC(=O)C1CC(=O)C(CC2C(=O)CC(C(=O)OC)CC2=O)C(=O)C1. The van der Waals surface area contributed by atoms with E-state index in [9.17, 15) is 28.8 Å². The highest BCUT2D eigenvalue weighted by atomic mass is 16.5. The number of methoxy groups -OCH3 is 2. The number of hydrogen-bond donors (Lipinski definition) is 0. The van der Waals surface area contributed by atoms with Crippen molar-refractivity contribution in [2.75, 3.05) is 14.2 Å². The summed E-state index contributed by atoms with van der Waals surface area (Å²) in [5, 5.41) is 0. The van der Waals surface area contributed by atoms with Gasteiger partial charge in [-0.1, -0.05) is 0 Å². The van der Waals surface area contributed by atoms with Crippen LogP contribution in [0.2, 0.25) is 0 Å². The number of ketones is 4. The van der Waals surface area contributed by atoms with Gasteiger partial charge >= 0.3 is 11.9 Å². The fourth-order valence-electron chi connectivity index (χ4n) is 3.47. The molecule has 2 saturated carbocycles. The van der Waals surface area contributed by atoms with Gasteiger partial charge in [0.1, 0.15) is 23.1 Å².